The molecule has 0 aromatic heterocycles. The first-order chi connectivity index (χ1) is 13.5. The minimum Gasteiger partial charge on any atom is -0.491 e. The van der Waals surface area contributed by atoms with E-state index in [9.17, 15) is 13.2 Å². The molecule has 0 bridgehead atoms. The van der Waals surface area contributed by atoms with Gasteiger partial charge in [0.25, 0.3) is 0 Å². The van der Waals surface area contributed by atoms with E-state index in [0.29, 0.717) is 23.7 Å². The number of ether oxygens (including phenoxy) is 1. The smallest absolute Gasteiger partial charge is 0.200 e. The molecule has 152 valence electrons. The molecule has 1 aliphatic rings. The van der Waals surface area contributed by atoms with Crippen molar-refractivity contribution in [1.82, 2.24) is 0 Å². The molecule has 2 aromatic carbocycles. The number of aryl methyl sites for hydroxylation is 1. The first-order valence-corrected chi connectivity index (χ1v) is 10.0. The van der Waals surface area contributed by atoms with Crippen LogP contribution in [0.25, 0.3) is 0 Å². The highest BCUT2D eigenvalue weighted by atomic mass is 19.2. The third-order valence-electron chi connectivity index (χ3n) is 5.79. The van der Waals surface area contributed by atoms with Crippen LogP contribution in [0, 0.1) is 23.4 Å². The number of aliphatic hydroxyl groups is 1. The zero-order valence-electron chi connectivity index (χ0n) is 16.2. The quantitative estimate of drug-likeness (QED) is 0.635. The summed E-state index contributed by atoms with van der Waals surface area (Å²) in [5.74, 6) is -1.53. The predicted molar refractivity (Wildman–Crippen MR) is 103 cm³/mol. The summed E-state index contributed by atoms with van der Waals surface area (Å²) in [5, 5.41) is 9.04. The SMILES string of the molecule is CCOc1ccc(C2CCC(CCc3ccc(CO)c(F)c3)CC2)c(F)c1F. The molecule has 0 heterocycles. The van der Waals surface area contributed by atoms with Crippen LogP contribution in [0.15, 0.2) is 30.3 Å². The molecule has 3 rings (SSSR count). The third kappa shape index (κ3) is 4.69. The van der Waals surface area contributed by atoms with Crippen molar-refractivity contribution in [3.8, 4) is 5.75 Å². The molecule has 1 N–H and O–H groups in total. The summed E-state index contributed by atoms with van der Waals surface area (Å²) >= 11 is 0. The molecule has 0 radical (unpaired) electrons. The normalized spacial score (nSPS) is 19.6. The highest BCUT2D eigenvalue weighted by molar-refractivity contribution is 5.33. The van der Waals surface area contributed by atoms with Gasteiger partial charge in [0, 0.05) is 5.56 Å². The van der Waals surface area contributed by atoms with Gasteiger partial charge in [0.1, 0.15) is 5.82 Å². The lowest BCUT2D eigenvalue weighted by atomic mass is 9.76. The van der Waals surface area contributed by atoms with E-state index in [-0.39, 0.29) is 24.1 Å². The highest BCUT2D eigenvalue weighted by Crippen LogP contribution is 2.40. The molecule has 5 heteroatoms. The van der Waals surface area contributed by atoms with E-state index in [1.54, 1.807) is 19.1 Å². The van der Waals surface area contributed by atoms with Crippen LogP contribution in [0.4, 0.5) is 13.2 Å². The van der Waals surface area contributed by atoms with Crippen LogP contribution < -0.4 is 4.74 Å². The van der Waals surface area contributed by atoms with Crippen LogP contribution in [0.2, 0.25) is 0 Å². The number of hydrogen-bond donors (Lipinski definition) is 1. The Morgan fingerprint density at radius 3 is 2.39 bits per heavy atom. The Bertz CT molecular complexity index is 799. The summed E-state index contributed by atoms with van der Waals surface area (Å²) in [6, 6.07) is 8.16. The second-order valence-electron chi connectivity index (χ2n) is 7.55. The van der Waals surface area contributed by atoms with Crippen LogP contribution >= 0.6 is 0 Å². The second-order valence-corrected chi connectivity index (χ2v) is 7.55. The molecule has 0 atom stereocenters. The molecule has 2 nitrogen and oxygen atoms in total. The summed E-state index contributed by atoms with van der Waals surface area (Å²) < 4.78 is 47.4. The molecule has 0 saturated heterocycles. The average Bonchev–Trinajstić information content (AvgIpc) is 2.71. The number of halogens is 3. The molecule has 28 heavy (non-hydrogen) atoms. The van der Waals surface area contributed by atoms with Crippen molar-refractivity contribution in [2.24, 2.45) is 5.92 Å². The van der Waals surface area contributed by atoms with E-state index in [2.05, 4.69) is 0 Å². The van der Waals surface area contributed by atoms with Crippen LogP contribution in [0.3, 0.4) is 0 Å². The molecule has 0 amide bonds. The second kappa shape index (κ2) is 9.46. The monoisotopic (exact) mass is 392 g/mol. The lowest BCUT2D eigenvalue weighted by Gasteiger charge is -2.29. The summed E-state index contributed by atoms with van der Waals surface area (Å²) in [7, 11) is 0. The fraction of sp³-hybridized carbons (Fsp3) is 0.478. The summed E-state index contributed by atoms with van der Waals surface area (Å²) in [5.41, 5.74) is 1.69. The van der Waals surface area contributed by atoms with Gasteiger partial charge in [0.2, 0.25) is 5.82 Å². The number of rotatable bonds is 7. The van der Waals surface area contributed by atoms with Crippen LogP contribution in [-0.2, 0) is 13.0 Å². The number of aliphatic hydroxyl groups excluding tert-OH is 1. The Kier molecular flexibility index (Phi) is 7.00. The van der Waals surface area contributed by atoms with Gasteiger partial charge < -0.3 is 9.84 Å². The van der Waals surface area contributed by atoms with Gasteiger partial charge in [-0.1, -0.05) is 18.2 Å². The zero-order valence-corrected chi connectivity index (χ0v) is 16.2. The summed E-state index contributed by atoms with van der Waals surface area (Å²) in [6.45, 7) is 1.74. The van der Waals surface area contributed by atoms with Gasteiger partial charge in [-0.2, -0.15) is 4.39 Å². The van der Waals surface area contributed by atoms with Crippen molar-refractivity contribution < 1.29 is 23.0 Å². The van der Waals surface area contributed by atoms with Gasteiger partial charge >= 0.3 is 0 Å². The maximum atomic E-state index is 14.4. The summed E-state index contributed by atoms with van der Waals surface area (Å²) in [6.07, 6.45) is 5.29. The van der Waals surface area contributed by atoms with Crippen molar-refractivity contribution in [3.63, 3.8) is 0 Å². The van der Waals surface area contributed by atoms with E-state index >= 15 is 0 Å². The molecule has 0 unspecified atom stereocenters. The molecule has 0 spiro atoms. The van der Waals surface area contributed by atoms with Crippen LogP contribution in [-0.4, -0.2) is 11.7 Å². The van der Waals surface area contributed by atoms with Crippen molar-refractivity contribution >= 4 is 0 Å². The van der Waals surface area contributed by atoms with E-state index < -0.39 is 11.6 Å². The Morgan fingerprint density at radius 1 is 1.00 bits per heavy atom. The van der Waals surface area contributed by atoms with Gasteiger partial charge in [0.05, 0.1) is 13.2 Å². The predicted octanol–water partition coefficient (Wildman–Crippen LogP) is 5.90. The maximum Gasteiger partial charge on any atom is 0.200 e. The molecular weight excluding hydrogens is 365 g/mol. The van der Waals surface area contributed by atoms with Gasteiger partial charge in [-0.05, 0) is 80.5 Å². The molecule has 1 saturated carbocycles. The third-order valence-corrected chi connectivity index (χ3v) is 5.79. The zero-order chi connectivity index (χ0) is 20.1. The Labute approximate surface area is 164 Å². The van der Waals surface area contributed by atoms with E-state index in [0.717, 1.165) is 44.1 Å². The molecule has 1 fully saturated rings. The van der Waals surface area contributed by atoms with Crippen molar-refractivity contribution in [2.45, 2.75) is 58.0 Å². The van der Waals surface area contributed by atoms with Crippen molar-refractivity contribution in [1.29, 1.82) is 0 Å². The van der Waals surface area contributed by atoms with Crippen molar-refractivity contribution in [2.75, 3.05) is 6.61 Å². The van der Waals surface area contributed by atoms with Gasteiger partial charge in [-0.25, -0.2) is 8.78 Å². The fourth-order valence-corrected chi connectivity index (χ4v) is 4.14. The molecule has 1 aliphatic carbocycles. The van der Waals surface area contributed by atoms with Gasteiger partial charge in [-0.15, -0.1) is 0 Å². The van der Waals surface area contributed by atoms with Gasteiger partial charge in [-0.3, -0.25) is 0 Å². The Morgan fingerprint density at radius 2 is 1.75 bits per heavy atom. The first kappa shape index (κ1) is 20.7. The number of benzene rings is 2. The van der Waals surface area contributed by atoms with Crippen LogP contribution in [0.5, 0.6) is 5.75 Å². The lowest BCUT2D eigenvalue weighted by Crippen LogP contribution is -2.15. The largest absolute Gasteiger partial charge is 0.491 e. The fourth-order valence-electron chi connectivity index (χ4n) is 4.14. The standard InChI is InChI=1S/C23H27F3O2/c1-2-28-21-12-11-19(22(25)23(21)26)17-8-5-15(6-9-17)3-4-16-7-10-18(14-27)20(24)13-16/h7,10-13,15,17,27H,2-6,8-9,14H2,1H3. The van der Waals surface area contributed by atoms with E-state index in [4.69, 9.17) is 9.84 Å². The van der Waals surface area contributed by atoms with Crippen molar-refractivity contribution in [3.05, 3.63) is 64.5 Å². The molecule has 2 aromatic rings. The maximum absolute atomic E-state index is 14.4. The highest BCUT2D eigenvalue weighted by Gasteiger charge is 2.26. The lowest BCUT2D eigenvalue weighted by molar-refractivity contribution is 0.275. The first-order valence-electron chi connectivity index (χ1n) is 10.0. The van der Waals surface area contributed by atoms with Gasteiger partial charge in [0.15, 0.2) is 11.6 Å². The minimum atomic E-state index is -0.894. The topological polar surface area (TPSA) is 29.5 Å². The Hall–Kier alpha value is -2.01. The molecular formula is C23H27F3O2. The Balaban J connectivity index is 1.55. The van der Waals surface area contributed by atoms with Crippen LogP contribution in [0.1, 0.15) is 61.6 Å². The van der Waals surface area contributed by atoms with E-state index in [1.807, 2.05) is 6.07 Å². The average molecular weight is 392 g/mol. The number of hydrogen-bond acceptors (Lipinski definition) is 2. The molecule has 0 aliphatic heterocycles. The minimum absolute atomic E-state index is 0.0303. The van der Waals surface area contributed by atoms with E-state index in [1.165, 1.54) is 12.1 Å². The summed E-state index contributed by atoms with van der Waals surface area (Å²) in [4.78, 5) is 0.